The van der Waals surface area contributed by atoms with Crippen LogP contribution in [0.15, 0.2) is 83.7 Å². The van der Waals surface area contributed by atoms with Crippen LogP contribution >= 0.6 is 0 Å². The Balaban J connectivity index is 1.90. The van der Waals surface area contributed by atoms with Crippen LogP contribution in [0.3, 0.4) is 0 Å². The van der Waals surface area contributed by atoms with Crippen molar-refractivity contribution in [1.82, 2.24) is 9.55 Å². The second-order valence-electron chi connectivity index (χ2n) is 8.02. The van der Waals surface area contributed by atoms with E-state index in [0.29, 0.717) is 22.9 Å². The highest BCUT2D eigenvalue weighted by atomic mass is 16.3. The van der Waals surface area contributed by atoms with Gasteiger partial charge in [-0.15, -0.1) is 0 Å². The van der Waals surface area contributed by atoms with Crippen LogP contribution in [-0.2, 0) is 13.5 Å². The fraction of sp³-hybridized carbons (Fsp3) is 0.148. The third-order valence-electron chi connectivity index (χ3n) is 6.23. The van der Waals surface area contributed by atoms with Gasteiger partial charge in [-0.3, -0.25) is 4.79 Å². The maximum absolute atomic E-state index is 13.6. The lowest BCUT2D eigenvalue weighted by Gasteiger charge is -2.21. The van der Waals surface area contributed by atoms with E-state index in [2.05, 4.69) is 4.98 Å². The van der Waals surface area contributed by atoms with E-state index in [1.807, 2.05) is 78.9 Å². The van der Waals surface area contributed by atoms with Crippen molar-refractivity contribution in [2.75, 3.05) is 6.61 Å². The van der Waals surface area contributed by atoms with Crippen LogP contribution in [0.1, 0.15) is 28.3 Å². The number of aromatic amines is 1. The molecule has 1 atom stereocenters. The number of benzene rings is 3. The number of hydrogen-bond acceptors (Lipinski definition) is 3. The summed E-state index contributed by atoms with van der Waals surface area (Å²) < 4.78 is 1.59. The van der Waals surface area contributed by atoms with Gasteiger partial charge in [0.1, 0.15) is 5.75 Å². The molecule has 0 saturated carbocycles. The zero-order valence-electron chi connectivity index (χ0n) is 17.7. The number of aromatic hydroxyl groups is 1. The molecule has 5 heteroatoms. The van der Waals surface area contributed by atoms with Gasteiger partial charge in [0.25, 0.3) is 5.56 Å². The van der Waals surface area contributed by atoms with E-state index in [0.717, 1.165) is 27.7 Å². The molecule has 5 rings (SSSR count). The number of aliphatic hydroxyl groups excluding tert-OH is 1. The molecule has 0 bridgehead atoms. The predicted molar refractivity (Wildman–Crippen MR) is 127 cm³/mol. The maximum atomic E-state index is 13.6. The van der Waals surface area contributed by atoms with E-state index in [1.165, 1.54) is 0 Å². The summed E-state index contributed by atoms with van der Waals surface area (Å²) in [6.07, 6.45) is 0.442. The standard InChI is InChI=1S/C27H24N2O3/c1-29-22-14-8-6-12-20(22)26(31)24(27(29)32)23(17-9-3-2-4-10-17)25-19(15-16-30)18-11-5-7-13-21(18)28-25/h2-14,23,28,30-31H,15-16H2,1H3. The molecule has 2 heterocycles. The molecule has 0 amide bonds. The van der Waals surface area contributed by atoms with Crippen LogP contribution in [0, 0.1) is 0 Å². The lowest BCUT2D eigenvalue weighted by molar-refractivity contribution is 0.299. The lowest BCUT2D eigenvalue weighted by atomic mass is 9.85. The number of H-pyrrole nitrogens is 1. The first kappa shape index (κ1) is 20.1. The van der Waals surface area contributed by atoms with E-state index in [9.17, 15) is 15.0 Å². The number of aryl methyl sites for hydroxylation is 1. The van der Waals surface area contributed by atoms with Crippen molar-refractivity contribution in [3.8, 4) is 5.75 Å². The first-order valence-electron chi connectivity index (χ1n) is 10.7. The highest BCUT2D eigenvalue weighted by Crippen LogP contribution is 2.40. The Morgan fingerprint density at radius 2 is 1.56 bits per heavy atom. The molecule has 0 aliphatic heterocycles. The van der Waals surface area contributed by atoms with Gasteiger partial charge in [0.15, 0.2) is 0 Å². The quantitative estimate of drug-likeness (QED) is 0.390. The Labute approximate surface area is 185 Å². The summed E-state index contributed by atoms with van der Waals surface area (Å²) in [5.41, 5.74) is 4.34. The monoisotopic (exact) mass is 424 g/mol. The Morgan fingerprint density at radius 3 is 2.31 bits per heavy atom. The second kappa shape index (κ2) is 8.02. The Morgan fingerprint density at radius 1 is 0.906 bits per heavy atom. The number of aliphatic hydroxyl groups is 1. The molecule has 0 fully saturated rings. The fourth-order valence-electron chi connectivity index (χ4n) is 4.73. The third-order valence-corrected chi connectivity index (χ3v) is 6.23. The average Bonchev–Trinajstić information content (AvgIpc) is 3.19. The van der Waals surface area contributed by atoms with Crippen LogP contribution < -0.4 is 5.56 Å². The minimum atomic E-state index is -0.520. The smallest absolute Gasteiger partial charge is 0.258 e. The van der Waals surface area contributed by atoms with Crippen molar-refractivity contribution >= 4 is 21.8 Å². The van der Waals surface area contributed by atoms with E-state index >= 15 is 0 Å². The molecule has 1 unspecified atom stereocenters. The largest absolute Gasteiger partial charge is 0.507 e. The highest BCUT2D eigenvalue weighted by Gasteiger charge is 2.29. The molecule has 5 aromatic rings. The first-order valence-corrected chi connectivity index (χ1v) is 10.7. The van der Waals surface area contributed by atoms with Crippen LogP contribution in [-0.4, -0.2) is 26.4 Å². The molecule has 2 aromatic heterocycles. The summed E-state index contributed by atoms with van der Waals surface area (Å²) in [6, 6.07) is 25.0. The Hall–Kier alpha value is -3.83. The van der Waals surface area contributed by atoms with Gasteiger partial charge in [-0.2, -0.15) is 0 Å². The predicted octanol–water partition coefficient (Wildman–Crippen LogP) is 4.44. The zero-order chi connectivity index (χ0) is 22.2. The van der Waals surface area contributed by atoms with Gasteiger partial charge >= 0.3 is 0 Å². The van der Waals surface area contributed by atoms with Crippen molar-refractivity contribution in [3.05, 3.63) is 112 Å². The molecule has 0 saturated heterocycles. The van der Waals surface area contributed by atoms with E-state index in [1.54, 1.807) is 11.6 Å². The van der Waals surface area contributed by atoms with Crippen LogP contribution in [0.2, 0.25) is 0 Å². The summed E-state index contributed by atoms with van der Waals surface area (Å²) in [6.45, 7) is -0.0158. The molecular formula is C27H24N2O3. The van der Waals surface area contributed by atoms with Gasteiger partial charge in [0.05, 0.1) is 17.0 Å². The van der Waals surface area contributed by atoms with Crippen LogP contribution in [0.5, 0.6) is 5.75 Å². The molecular weight excluding hydrogens is 400 g/mol. The molecule has 32 heavy (non-hydrogen) atoms. The van der Waals surface area contributed by atoms with Crippen molar-refractivity contribution in [2.24, 2.45) is 7.05 Å². The number of para-hydroxylation sites is 2. The first-order chi connectivity index (χ1) is 15.6. The number of fused-ring (bicyclic) bond motifs is 2. The molecule has 3 N–H and O–H groups in total. The molecule has 160 valence electrons. The third kappa shape index (κ3) is 3.10. The van der Waals surface area contributed by atoms with Crippen molar-refractivity contribution < 1.29 is 10.2 Å². The second-order valence-corrected chi connectivity index (χ2v) is 8.02. The van der Waals surface area contributed by atoms with Gasteiger partial charge in [-0.25, -0.2) is 0 Å². The van der Waals surface area contributed by atoms with Crippen LogP contribution in [0.25, 0.3) is 21.8 Å². The summed E-state index contributed by atoms with van der Waals surface area (Å²) in [7, 11) is 1.73. The fourth-order valence-corrected chi connectivity index (χ4v) is 4.73. The topological polar surface area (TPSA) is 78.2 Å². The molecule has 0 aliphatic carbocycles. The van der Waals surface area contributed by atoms with E-state index < -0.39 is 5.92 Å². The lowest BCUT2D eigenvalue weighted by Crippen LogP contribution is -2.25. The van der Waals surface area contributed by atoms with Crippen molar-refractivity contribution in [1.29, 1.82) is 0 Å². The van der Waals surface area contributed by atoms with Gasteiger partial charge in [0.2, 0.25) is 0 Å². The molecule has 3 aromatic carbocycles. The van der Waals surface area contributed by atoms with Crippen LogP contribution in [0.4, 0.5) is 0 Å². The number of pyridine rings is 1. The molecule has 5 nitrogen and oxygen atoms in total. The minimum absolute atomic E-state index is 0.00819. The number of hydrogen-bond donors (Lipinski definition) is 3. The van der Waals surface area contributed by atoms with Gasteiger partial charge in [-0.05, 0) is 35.7 Å². The van der Waals surface area contributed by atoms with Gasteiger partial charge in [0, 0.05) is 35.6 Å². The number of aromatic nitrogens is 2. The number of nitrogens with one attached hydrogen (secondary N) is 1. The normalized spacial score (nSPS) is 12.4. The average molecular weight is 425 g/mol. The highest BCUT2D eigenvalue weighted by molar-refractivity contribution is 5.88. The summed E-state index contributed by atoms with van der Waals surface area (Å²) in [5, 5.41) is 22.8. The maximum Gasteiger partial charge on any atom is 0.258 e. The summed E-state index contributed by atoms with van der Waals surface area (Å²) in [5.74, 6) is -0.528. The van der Waals surface area contributed by atoms with E-state index in [-0.39, 0.29) is 17.9 Å². The SMILES string of the molecule is Cn1c(=O)c(C(c2ccccc2)c2[nH]c3ccccc3c2CCO)c(O)c2ccccc21. The Kier molecular flexibility index (Phi) is 5.04. The number of rotatable bonds is 5. The Bertz CT molecular complexity index is 1480. The van der Waals surface area contributed by atoms with Crippen molar-refractivity contribution in [2.45, 2.75) is 12.3 Å². The molecule has 0 radical (unpaired) electrons. The van der Waals surface area contributed by atoms with Gasteiger partial charge in [-0.1, -0.05) is 60.7 Å². The minimum Gasteiger partial charge on any atom is -0.507 e. The van der Waals surface area contributed by atoms with Gasteiger partial charge < -0.3 is 19.8 Å². The summed E-state index contributed by atoms with van der Waals surface area (Å²) >= 11 is 0. The number of nitrogens with zero attached hydrogens (tertiary/aromatic N) is 1. The molecule has 0 aliphatic rings. The summed E-state index contributed by atoms with van der Waals surface area (Å²) in [4.78, 5) is 17.1. The van der Waals surface area contributed by atoms with Crippen molar-refractivity contribution in [3.63, 3.8) is 0 Å². The molecule has 0 spiro atoms. The zero-order valence-corrected chi connectivity index (χ0v) is 17.7. The van der Waals surface area contributed by atoms with E-state index in [4.69, 9.17) is 0 Å².